The van der Waals surface area contributed by atoms with Crippen LogP contribution in [0.2, 0.25) is 0 Å². The van der Waals surface area contributed by atoms with Gasteiger partial charge >= 0.3 is 5.97 Å². The highest BCUT2D eigenvalue weighted by atomic mass is 19.1. The van der Waals surface area contributed by atoms with Gasteiger partial charge in [-0.25, -0.2) is 13.9 Å². The van der Waals surface area contributed by atoms with Crippen molar-refractivity contribution in [1.29, 1.82) is 0 Å². The number of hydrogen-bond donors (Lipinski definition) is 3. The molecule has 0 amide bonds. The van der Waals surface area contributed by atoms with Crippen molar-refractivity contribution in [2.45, 2.75) is 13.3 Å². The van der Waals surface area contributed by atoms with E-state index in [4.69, 9.17) is 4.74 Å². The molecule has 4 aromatic rings. The predicted molar refractivity (Wildman–Crippen MR) is 125 cm³/mol. The van der Waals surface area contributed by atoms with Gasteiger partial charge in [-0.15, -0.1) is 10.2 Å². The lowest BCUT2D eigenvalue weighted by Gasteiger charge is -2.08. The van der Waals surface area contributed by atoms with Crippen LogP contribution in [-0.2, 0) is 6.42 Å². The number of aryl methyl sites for hydroxylation is 1. The minimum atomic E-state index is -1.15. The van der Waals surface area contributed by atoms with Crippen molar-refractivity contribution in [3.63, 3.8) is 0 Å². The van der Waals surface area contributed by atoms with E-state index < -0.39 is 23.1 Å². The van der Waals surface area contributed by atoms with Crippen molar-refractivity contribution in [2.75, 3.05) is 6.61 Å². The molecule has 9 nitrogen and oxygen atoms in total. The van der Waals surface area contributed by atoms with E-state index in [1.54, 1.807) is 25.1 Å². The Morgan fingerprint density at radius 1 is 1.14 bits per heavy atom. The van der Waals surface area contributed by atoms with Gasteiger partial charge in [0, 0.05) is 18.1 Å². The largest absolute Gasteiger partial charge is 0.505 e. The third-order valence-corrected chi connectivity index (χ3v) is 5.70. The van der Waals surface area contributed by atoms with Crippen molar-refractivity contribution in [3.05, 3.63) is 87.6 Å². The summed E-state index contributed by atoms with van der Waals surface area (Å²) in [4.78, 5) is 24.3. The molecule has 1 aliphatic heterocycles. The zero-order chi connectivity index (χ0) is 24.7. The molecule has 0 aliphatic carbocycles. The van der Waals surface area contributed by atoms with Crippen molar-refractivity contribution in [2.24, 2.45) is 10.2 Å². The van der Waals surface area contributed by atoms with Crippen molar-refractivity contribution in [1.82, 2.24) is 9.78 Å². The molecule has 176 valence electrons. The number of phenolic OH excluding ortho intramolecular Hbond substituents is 1. The van der Waals surface area contributed by atoms with Crippen LogP contribution < -0.4 is 10.3 Å². The summed E-state index contributed by atoms with van der Waals surface area (Å²) < 4.78 is 21.2. The molecule has 1 aliphatic rings. The second-order valence-electron chi connectivity index (χ2n) is 8.02. The van der Waals surface area contributed by atoms with Gasteiger partial charge in [0.15, 0.2) is 11.4 Å². The number of carbonyl (C=O) groups is 1. The third-order valence-electron chi connectivity index (χ3n) is 5.70. The standard InChI is InChI=1S/C25H19FN4O5/c1-13-22(24(32)30(29-13)18-5-6-21-15(10-18)7-8-35-21)28-27-20-12-17(26)11-19(23(20)31)14-3-2-4-16(9-14)25(33)34/h2-6,9-12,29,31H,7-8H2,1H3,(H,33,34). The summed E-state index contributed by atoms with van der Waals surface area (Å²) in [6, 6.07) is 13.2. The molecule has 0 bridgehead atoms. The van der Waals surface area contributed by atoms with Gasteiger partial charge in [-0.1, -0.05) is 12.1 Å². The second kappa shape index (κ2) is 8.56. The van der Waals surface area contributed by atoms with Crippen molar-refractivity contribution in [3.8, 4) is 28.3 Å². The number of benzene rings is 3. The first-order valence-corrected chi connectivity index (χ1v) is 10.7. The third kappa shape index (κ3) is 4.05. The first-order chi connectivity index (χ1) is 16.8. The molecule has 2 heterocycles. The summed E-state index contributed by atoms with van der Waals surface area (Å²) in [7, 11) is 0. The highest BCUT2D eigenvalue weighted by Crippen LogP contribution is 2.39. The van der Waals surface area contributed by atoms with Crippen LogP contribution in [0.4, 0.5) is 15.8 Å². The van der Waals surface area contributed by atoms with E-state index in [0.717, 1.165) is 29.9 Å². The molecule has 0 saturated heterocycles. The second-order valence-corrected chi connectivity index (χ2v) is 8.02. The van der Waals surface area contributed by atoms with Gasteiger partial charge in [0.25, 0.3) is 5.56 Å². The number of rotatable bonds is 5. The van der Waals surface area contributed by atoms with E-state index in [0.29, 0.717) is 23.6 Å². The number of nitrogens with one attached hydrogen (secondary N) is 1. The summed E-state index contributed by atoms with van der Waals surface area (Å²) in [6.45, 7) is 2.24. The zero-order valence-corrected chi connectivity index (χ0v) is 18.4. The van der Waals surface area contributed by atoms with E-state index in [1.807, 2.05) is 6.07 Å². The molecule has 35 heavy (non-hydrogen) atoms. The lowest BCUT2D eigenvalue weighted by molar-refractivity contribution is 0.0697. The number of phenols is 1. The van der Waals surface area contributed by atoms with Crippen molar-refractivity contribution >= 4 is 17.3 Å². The molecule has 0 fully saturated rings. The Morgan fingerprint density at radius 3 is 2.77 bits per heavy atom. The first-order valence-electron chi connectivity index (χ1n) is 10.7. The minimum Gasteiger partial charge on any atom is -0.505 e. The van der Waals surface area contributed by atoms with E-state index in [2.05, 4.69) is 15.3 Å². The molecule has 10 heteroatoms. The average Bonchev–Trinajstić information content (AvgIpc) is 3.42. The number of carboxylic acids is 1. The molecule has 0 saturated carbocycles. The highest BCUT2D eigenvalue weighted by Gasteiger charge is 2.18. The Labute approximate surface area is 197 Å². The number of H-pyrrole nitrogens is 1. The maximum Gasteiger partial charge on any atom is 0.335 e. The maximum absolute atomic E-state index is 14.4. The van der Waals surface area contributed by atoms with Crippen LogP contribution in [0.25, 0.3) is 16.8 Å². The number of halogens is 1. The SMILES string of the molecule is Cc1[nH]n(-c2ccc3c(c2)CCO3)c(=O)c1N=Nc1cc(F)cc(-c2cccc(C(=O)O)c2)c1O. The Hall–Kier alpha value is -4.73. The zero-order valence-electron chi connectivity index (χ0n) is 18.4. The van der Waals surface area contributed by atoms with Gasteiger partial charge in [-0.3, -0.25) is 9.89 Å². The van der Waals surface area contributed by atoms with Crippen LogP contribution >= 0.6 is 0 Å². The molecule has 0 radical (unpaired) electrons. The number of hydrogen-bond acceptors (Lipinski definition) is 6. The van der Waals surface area contributed by atoms with Crippen LogP contribution in [-0.4, -0.2) is 32.6 Å². The van der Waals surface area contributed by atoms with Crippen LogP contribution in [0, 0.1) is 12.7 Å². The average molecular weight is 474 g/mol. The lowest BCUT2D eigenvalue weighted by Crippen LogP contribution is -2.14. The molecule has 3 aromatic carbocycles. The fourth-order valence-corrected chi connectivity index (χ4v) is 3.95. The topological polar surface area (TPSA) is 129 Å². The smallest absolute Gasteiger partial charge is 0.335 e. The summed E-state index contributed by atoms with van der Waals surface area (Å²) >= 11 is 0. The number of aromatic hydroxyl groups is 1. The van der Waals surface area contributed by atoms with Gasteiger partial charge in [0.1, 0.15) is 17.3 Å². The summed E-state index contributed by atoms with van der Waals surface area (Å²) in [5.41, 5.74) is 1.69. The molecular formula is C25H19FN4O5. The van der Waals surface area contributed by atoms with E-state index in [-0.39, 0.29) is 22.5 Å². The van der Waals surface area contributed by atoms with Crippen LogP contribution in [0.15, 0.2) is 69.6 Å². The molecule has 0 unspecified atom stereocenters. The predicted octanol–water partition coefficient (Wildman–Crippen LogP) is 5.03. The van der Waals surface area contributed by atoms with Crippen LogP contribution in [0.3, 0.4) is 0 Å². The molecular weight excluding hydrogens is 455 g/mol. The Kier molecular flexibility index (Phi) is 5.40. The minimum absolute atomic E-state index is 0.000153. The monoisotopic (exact) mass is 474 g/mol. The Balaban J connectivity index is 1.52. The quantitative estimate of drug-likeness (QED) is 0.349. The summed E-state index contributed by atoms with van der Waals surface area (Å²) in [6.07, 6.45) is 0.751. The molecule has 1 aromatic heterocycles. The maximum atomic E-state index is 14.4. The normalized spacial score (nSPS) is 12.6. The number of aromatic amines is 1. The number of nitrogens with zero attached hydrogens (tertiary/aromatic N) is 3. The van der Waals surface area contributed by atoms with Gasteiger partial charge in [-0.05, 0) is 54.4 Å². The van der Waals surface area contributed by atoms with Crippen LogP contribution in [0.5, 0.6) is 11.5 Å². The number of fused-ring (bicyclic) bond motifs is 1. The Morgan fingerprint density at radius 2 is 1.97 bits per heavy atom. The summed E-state index contributed by atoms with van der Waals surface area (Å²) in [5.74, 6) is -1.48. The van der Waals surface area contributed by atoms with Gasteiger partial charge in [-0.2, -0.15) is 0 Å². The number of carboxylic acid groups (broad SMARTS) is 1. The van der Waals surface area contributed by atoms with Gasteiger partial charge < -0.3 is 14.9 Å². The van der Waals surface area contributed by atoms with E-state index in [9.17, 15) is 24.2 Å². The molecule has 0 spiro atoms. The van der Waals surface area contributed by atoms with Gasteiger partial charge in [0.05, 0.1) is 23.6 Å². The molecule has 3 N–H and O–H groups in total. The number of ether oxygens (including phenoxy) is 1. The van der Waals surface area contributed by atoms with Crippen molar-refractivity contribution < 1.29 is 24.1 Å². The first kappa shape index (κ1) is 22.1. The van der Waals surface area contributed by atoms with Gasteiger partial charge in [0.2, 0.25) is 0 Å². The van der Waals surface area contributed by atoms with Crippen LogP contribution in [0.1, 0.15) is 21.6 Å². The fraction of sp³-hybridized carbons (Fsp3) is 0.120. The Bertz CT molecular complexity index is 1570. The number of azo groups is 1. The molecule has 0 atom stereocenters. The highest BCUT2D eigenvalue weighted by molar-refractivity contribution is 5.90. The summed E-state index contributed by atoms with van der Waals surface area (Å²) in [5, 5.41) is 30.8. The molecule has 5 rings (SSSR count). The van der Waals surface area contributed by atoms with E-state index >= 15 is 0 Å². The number of aromatic carboxylic acids is 1. The fourth-order valence-electron chi connectivity index (χ4n) is 3.95. The van der Waals surface area contributed by atoms with E-state index in [1.165, 1.54) is 22.9 Å². The lowest BCUT2D eigenvalue weighted by atomic mass is 10.0. The number of aromatic nitrogens is 2.